The Morgan fingerprint density at radius 2 is 1.57 bits per heavy atom. The highest BCUT2D eigenvalue weighted by Crippen LogP contribution is 2.27. The first-order valence-corrected chi connectivity index (χ1v) is 14.3. The number of methoxy groups -OCH3 is 2. The van der Waals surface area contributed by atoms with Gasteiger partial charge in [-0.05, 0) is 66.7 Å². The lowest BCUT2D eigenvalue weighted by atomic mass is 10.1. The summed E-state index contributed by atoms with van der Waals surface area (Å²) < 4.78 is 10.8. The number of carbonyl (C=O) groups is 4. The van der Waals surface area contributed by atoms with Crippen LogP contribution in [0.15, 0.2) is 108 Å². The maximum Gasteiger partial charge on any atom is 0.272 e. The van der Waals surface area contributed by atoms with Crippen LogP contribution in [-0.4, -0.2) is 43.6 Å². The molecule has 0 aliphatic heterocycles. The van der Waals surface area contributed by atoms with E-state index in [9.17, 15) is 19.2 Å². The lowest BCUT2D eigenvalue weighted by Crippen LogP contribution is -2.30. The van der Waals surface area contributed by atoms with E-state index in [1.165, 1.54) is 38.1 Å². The van der Waals surface area contributed by atoms with Gasteiger partial charge in [-0.3, -0.25) is 19.2 Å². The maximum atomic E-state index is 13.5. The largest absolute Gasteiger partial charge is 0.497 e. The van der Waals surface area contributed by atoms with Gasteiger partial charge in [0.1, 0.15) is 17.2 Å². The minimum absolute atomic E-state index is 0.0315. The molecule has 0 heterocycles. The Morgan fingerprint density at radius 1 is 0.818 bits per heavy atom. The van der Waals surface area contributed by atoms with Gasteiger partial charge in [-0.1, -0.05) is 36.4 Å². The monoisotopic (exact) mass is 610 g/mol. The molecule has 4 aromatic rings. The fourth-order valence-corrected chi connectivity index (χ4v) is 4.81. The van der Waals surface area contributed by atoms with Crippen molar-refractivity contribution in [2.45, 2.75) is 4.90 Å². The van der Waals surface area contributed by atoms with Crippen LogP contribution in [-0.2, 0) is 9.59 Å². The first-order valence-electron chi connectivity index (χ1n) is 13.3. The van der Waals surface area contributed by atoms with Crippen molar-refractivity contribution in [3.05, 3.63) is 119 Å². The van der Waals surface area contributed by atoms with E-state index in [1.54, 1.807) is 91.0 Å². The average Bonchev–Trinajstić information content (AvgIpc) is 3.04. The van der Waals surface area contributed by atoms with E-state index in [-0.39, 0.29) is 22.9 Å². The number of nitrogens with one attached hydrogen (secondary N) is 3. The molecule has 44 heavy (non-hydrogen) atoms. The molecular weight excluding hydrogens is 580 g/mol. The van der Waals surface area contributed by atoms with E-state index in [4.69, 9.17) is 15.2 Å². The molecule has 4 rings (SSSR count). The van der Waals surface area contributed by atoms with Crippen molar-refractivity contribution >= 4 is 52.8 Å². The van der Waals surface area contributed by atoms with Crippen LogP contribution in [0.5, 0.6) is 11.5 Å². The fraction of sp³-hybridized carbons (Fsp3) is 0.0909. The highest BCUT2D eigenvalue weighted by molar-refractivity contribution is 8.00. The standard InChI is InChI=1S/C33H30N4O6S/c1-42-24-15-16-29(43-2)22(17-24)18-28(37-32(40)21-9-4-3-5-10-21)33(41)35-23-11-8-12-25(19-23)44-20-30(38)36-27-14-7-6-13-26(27)31(34)39/h3-19H,20H2,1-2H3,(H2,34,39)(H,35,41)(H,36,38)(H,37,40)/b28-18+. The first-order chi connectivity index (χ1) is 21.3. The van der Waals surface area contributed by atoms with Crippen molar-refractivity contribution in [1.29, 1.82) is 0 Å². The van der Waals surface area contributed by atoms with Crippen molar-refractivity contribution in [2.75, 3.05) is 30.6 Å². The summed E-state index contributed by atoms with van der Waals surface area (Å²) in [5.41, 5.74) is 7.23. The minimum Gasteiger partial charge on any atom is -0.497 e. The summed E-state index contributed by atoms with van der Waals surface area (Å²) in [6.07, 6.45) is 1.50. The molecule has 4 aromatic carbocycles. The highest BCUT2D eigenvalue weighted by atomic mass is 32.2. The van der Waals surface area contributed by atoms with Gasteiger partial charge in [0.25, 0.3) is 17.7 Å². The van der Waals surface area contributed by atoms with Crippen LogP contribution >= 0.6 is 11.8 Å². The number of hydrogen-bond acceptors (Lipinski definition) is 7. The molecule has 0 saturated heterocycles. The van der Waals surface area contributed by atoms with Gasteiger partial charge in [0, 0.05) is 21.7 Å². The Hall–Kier alpha value is -5.55. The van der Waals surface area contributed by atoms with Gasteiger partial charge in [0.2, 0.25) is 5.91 Å². The van der Waals surface area contributed by atoms with Gasteiger partial charge < -0.3 is 31.2 Å². The number of thioether (sulfide) groups is 1. The number of carbonyl (C=O) groups excluding carboxylic acids is 4. The summed E-state index contributed by atoms with van der Waals surface area (Å²) >= 11 is 1.24. The Balaban J connectivity index is 1.51. The molecule has 0 fully saturated rings. The number of hydrogen-bond donors (Lipinski definition) is 4. The number of para-hydroxylation sites is 1. The third-order valence-corrected chi connectivity index (χ3v) is 7.19. The van der Waals surface area contributed by atoms with Crippen molar-refractivity contribution in [3.8, 4) is 11.5 Å². The third-order valence-electron chi connectivity index (χ3n) is 6.19. The molecule has 0 spiro atoms. The molecule has 0 unspecified atom stereocenters. The van der Waals surface area contributed by atoms with E-state index in [1.807, 2.05) is 0 Å². The fourth-order valence-electron chi connectivity index (χ4n) is 4.05. The van der Waals surface area contributed by atoms with Crippen LogP contribution in [0.3, 0.4) is 0 Å². The molecule has 11 heteroatoms. The Bertz CT molecular complexity index is 1710. The SMILES string of the molecule is COc1ccc(OC)c(/C=C(/NC(=O)c2ccccc2)C(=O)Nc2cccc(SCC(=O)Nc3ccccc3C(N)=O)c2)c1. The van der Waals surface area contributed by atoms with Gasteiger partial charge in [-0.25, -0.2) is 0 Å². The zero-order chi connectivity index (χ0) is 31.5. The summed E-state index contributed by atoms with van der Waals surface area (Å²) in [6, 6.07) is 27.0. The number of nitrogens with two attached hydrogens (primary N) is 1. The molecule has 5 N–H and O–H groups in total. The zero-order valence-corrected chi connectivity index (χ0v) is 24.8. The van der Waals surface area contributed by atoms with Crippen LogP contribution in [0.1, 0.15) is 26.3 Å². The zero-order valence-electron chi connectivity index (χ0n) is 24.0. The molecule has 0 atom stereocenters. The van der Waals surface area contributed by atoms with Crippen molar-refractivity contribution in [1.82, 2.24) is 5.32 Å². The second-order valence-electron chi connectivity index (χ2n) is 9.21. The van der Waals surface area contributed by atoms with Crippen molar-refractivity contribution in [2.24, 2.45) is 5.73 Å². The van der Waals surface area contributed by atoms with Gasteiger partial charge >= 0.3 is 0 Å². The maximum absolute atomic E-state index is 13.5. The quantitative estimate of drug-likeness (QED) is 0.131. The van der Waals surface area contributed by atoms with Gasteiger partial charge in [0.15, 0.2) is 0 Å². The minimum atomic E-state index is -0.643. The van der Waals surface area contributed by atoms with E-state index >= 15 is 0 Å². The lowest BCUT2D eigenvalue weighted by Gasteiger charge is -2.14. The number of benzene rings is 4. The van der Waals surface area contributed by atoms with Gasteiger partial charge in [-0.2, -0.15) is 0 Å². The molecule has 0 aromatic heterocycles. The second kappa shape index (κ2) is 15.1. The lowest BCUT2D eigenvalue weighted by molar-refractivity contribution is -0.114. The summed E-state index contributed by atoms with van der Waals surface area (Å²) in [7, 11) is 3.02. The van der Waals surface area contributed by atoms with E-state index in [0.29, 0.717) is 38.9 Å². The number of amides is 4. The summed E-state index contributed by atoms with van der Waals surface area (Å²) in [5.74, 6) is -0.977. The Morgan fingerprint density at radius 3 is 2.30 bits per heavy atom. The third kappa shape index (κ3) is 8.49. The van der Waals surface area contributed by atoms with Crippen LogP contribution in [0.25, 0.3) is 6.08 Å². The molecule has 0 aliphatic rings. The molecule has 0 bridgehead atoms. The number of ether oxygens (including phenoxy) is 2. The first kappa shape index (κ1) is 31.4. The Labute approximate surface area is 258 Å². The molecule has 0 saturated carbocycles. The molecule has 4 amide bonds. The van der Waals surface area contributed by atoms with E-state index in [2.05, 4.69) is 16.0 Å². The summed E-state index contributed by atoms with van der Waals surface area (Å²) in [5, 5.41) is 8.22. The van der Waals surface area contributed by atoms with E-state index in [0.717, 1.165) is 0 Å². The smallest absolute Gasteiger partial charge is 0.272 e. The van der Waals surface area contributed by atoms with E-state index < -0.39 is 17.7 Å². The number of rotatable bonds is 12. The molecule has 0 aliphatic carbocycles. The summed E-state index contributed by atoms with van der Waals surface area (Å²) in [4.78, 5) is 51.5. The second-order valence-corrected chi connectivity index (χ2v) is 10.3. The van der Waals surface area contributed by atoms with Crippen LogP contribution in [0.2, 0.25) is 0 Å². The predicted molar refractivity (Wildman–Crippen MR) is 171 cm³/mol. The van der Waals surface area contributed by atoms with Crippen LogP contribution in [0.4, 0.5) is 11.4 Å². The molecule has 224 valence electrons. The number of anilines is 2. The Kier molecular flexibility index (Phi) is 10.8. The normalized spacial score (nSPS) is 10.8. The summed E-state index contributed by atoms with van der Waals surface area (Å²) in [6.45, 7) is 0. The predicted octanol–water partition coefficient (Wildman–Crippen LogP) is 4.94. The number of primary amides is 1. The van der Waals surface area contributed by atoms with Crippen molar-refractivity contribution in [3.63, 3.8) is 0 Å². The average molecular weight is 611 g/mol. The van der Waals surface area contributed by atoms with Gasteiger partial charge in [-0.15, -0.1) is 11.8 Å². The van der Waals surface area contributed by atoms with Crippen LogP contribution in [0, 0.1) is 0 Å². The molecular formula is C33H30N4O6S. The topological polar surface area (TPSA) is 149 Å². The molecule has 10 nitrogen and oxygen atoms in total. The van der Waals surface area contributed by atoms with Crippen LogP contribution < -0.4 is 31.2 Å². The molecule has 0 radical (unpaired) electrons. The highest BCUT2D eigenvalue weighted by Gasteiger charge is 2.17. The van der Waals surface area contributed by atoms with Crippen molar-refractivity contribution < 1.29 is 28.7 Å². The van der Waals surface area contributed by atoms with Gasteiger partial charge in [0.05, 0.1) is 31.2 Å².